The highest BCUT2D eigenvalue weighted by Gasteiger charge is 2.16. The first-order chi connectivity index (χ1) is 10.3. The van der Waals surface area contributed by atoms with E-state index in [1.165, 1.54) is 19.2 Å². The Morgan fingerprint density at radius 2 is 1.95 bits per heavy atom. The van der Waals surface area contributed by atoms with Crippen LogP contribution in [0.15, 0.2) is 36.9 Å². The number of carbonyl (C=O) groups excluding carboxylic acids is 1. The summed E-state index contributed by atoms with van der Waals surface area (Å²) in [5.41, 5.74) is 1.41. The third-order valence-electron chi connectivity index (χ3n) is 3.52. The van der Waals surface area contributed by atoms with Crippen molar-refractivity contribution in [3.63, 3.8) is 0 Å². The molecule has 0 unspecified atom stereocenters. The first-order valence-corrected chi connectivity index (χ1v) is 7.07. The van der Waals surface area contributed by atoms with E-state index in [1.54, 1.807) is 18.5 Å². The monoisotopic (exact) mass is 283 g/mol. The smallest absolute Gasteiger partial charge is 0.270 e. The molecule has 6 nitrogen and oxygen atoms in total. The molecule has 108 valence electrons. The minimum Gasteiger partial charge on any atom is -0.357 e. The molecule has 0 atom stereocenters. The Morgan fingerprint density at radius 1 is 1.19 bits per heavy atom. The van der Waals surface area contributed by atoms with Crippen molar-refractivity contribution in [2.75, 3.05) is 18.0 Å². The normalized spacial score (nSPS) is 14.2. The van der Waals surface area contributed by atoms with Gasteiger partial charge in [0.1, 0.15) is 17.8 Å². The predicted octanol–water partition coefficient (Wildman–Crippen LogP) is 1.40. The van der Waals surface area contributed by atoms with Gasteiger partial charge in [0.05, 0.1) is 0 Å². The van der Waals surface area contributed by atoms with Crippen LogP contribution in [0.1, 0.15) is 28.9 Å². The number of pyridine rings is 1. The fourth-order valence-corrected chi connectivity index (χ4v) is 2.36. The molecule has 0 spiro atoms. The van der Waals surface area contributed by atoms with Gasteiger partial charge in [0.15, 0.2) is 0 Å². The molecule has 1 saturated heterocycles. The van der Waals surface area contributed by atoms with Crippen molar-refractivity contribution in [3.05, 3.63) is 48.2 Å². The molecule has 2 aromatic heterocycles. The summed E-state index contributed by atoms with van der Waals surface area (Å²) in [7, 11) is 0. The second-order valence-electron chi connectivity index (χ2n) is 4.99. The van der Waals surface area contributed by atoms with Crippen LogP contribution in [-0.2, 0) is 6.54 Å². The highest BCUT2D eigenvalue weighted by Crippen LogP contribution is 2.17. The van der Waals surface area contributed by atoms with E-state index in [2.05, 4.69) is 25.2 Å². The molecule has 1 fully saturated rings. The maximum atomic E-state index is 12.1. The SMILES string of the molecule is O=C(NCc1ccncc1)c1cc(N2CCCC2)ncn1. The third-order valence-corrected chi connectivity index (χ3v) is 3.52. The molecule has 6 heteroatoms. The Hall–Kier alpha value is -2.50. The lowest BCUT2D eigenvalue weighted by Gasteiger charge is -2.16. The van der Waals surface area contributed by atoms with Crippen molar-refractivity contribution in [1.29, 1.82) is 0 Å². The van der Waals surface area contributed by atoms with Crippen molar-refractivity contribution in [3.8, 4) is 0 Å². The van der Waals surface area contributed by atoms with Crippen LogP contribution < -0.4 is 10.2 Å². The van der Waals surface area contributed by atoms with Gasteiger partial charge in [-0.25, -0.2) is 9.97 Å². The fraction of sp³-hybridized carbons (Fsp3) is 0.333. The van der Waals surface area contributed by atoms with Crippen molar-refractivity contribution >= 4 is 11.7 Å². The van der Waals surface area contributed by atoms with Gasteiger partial charge in [0.25, 0.3) is 5.91 Å². The lowest BCUT2D eigenvalue weighted by molar-refractivity contribution is 0.0945. The fourth-order valence-electron chi connectivity index (χ4n) is 2.36. The largest absolute Gasteiger partial charge is 0.357 e. The molecule has 0 radical (unpaired) electrons. The summed E-state index contributed by atoms with van der Waals surface area (Å²) in [6.07, 6.45) is 7.21. The van der Waals surface area contributed by atoms with Gasteiger partial charge in [0.2, 0.25) is 0 Å². The molecule has 1 amide bonds. The highest BCUT2D eigenvalue weighted by atomic mass is 16.1. The highest BCUT2D eigenvalue weighted by molar-refractivity contribution is 5.92. The third kappa shape index (κ3) is 3.34. The van der Waals surface area contributed by atoms with Crippen LogP contribution in [0.5, 0.6) is 0 Å². The van der Waals surface area contributed by atoms with Gasteiger partial charge in [-0.15, -0.1) is 0 Å². The predicted molar refractivity (Wildman–Crippen MR) is 78.9 cm³/mol. The van der Waals surface area contributed by atoms with Crippen molar-refractivity contribution in [2.45, 2.75) is 19.4 Å². The van der Waals surface area contributed by atoms with Crippen molar-refractivity contribution < 1.29 is 4.79 Å². The maximum absolute atomic E-state index is 12.1. The number of anilines is 1. The minimum atomic E-state index is -0.186. The van der Waals surface area contributed by atoms with Gasteiger partial charge in [-0.05, 0) is 30.5 Å². The van der Waals surface area contributed by atoms with E-state index in [1.807, 2.05) is 12.1 Å². The number of rotatable bonds is 4. The molecule has 2 aromatic rings. The van der Waals surface area contributed by atoms with Gasteiger partial charge in [-0.3, -0.25) is 9.78 Å². The standard InChI is InChI=1S/C15H17N5O/c21-15(17-10-12-3-5-16-6-4-12)13-9-14(19-11-18-13)20-7-1-2-8-20/h3-6,9,11H,1-2,7-8,10H2,(H,17,21). The number of amides is 1. The molecule has 3 heterocycles. The van der Waals surface area contributed by atoms with Crippen molar-refractivity contribution in [2.24, 2.45) is 0 Å². The summed E-state index contributed by atoms with van der Waals surface area (Å²) < 4.78 is 0. The number of nitrogens with one attached hydrogen (secondary N) is 1. The molecule has 1 aliphatic heterocycles. The van der Waals surface area contributed by atoms with Crippen LogP contribution in [0, 0.1) is 0 Å². The first kappa shape index (κ1) is 13.5. The molecule has 3 rings (SSSR count). The van der Waals surface area contributed by atoms with Gasteiger partial charge < -0.3 is 10.2 Å². The molecular formula is C15H17N5O. The zero-order valence-electron chi connectivity index (χ0n) is 11.7. The van der Waals surface area contributed by atoms with E-state index < -0.39 is 0 Å². The molecule has 0 saturated carbocycles. The summed E-state index contributed by atoms with van der Waals surface area (Å²) in [4.78, 5) is 26.6. The molecule has 0 bridgehead atoms. The molecular weight excluding hydrogens is 266 g/mol. The zero-order chi connectivity index (χ0) is 14.5. The van der Waals surface area contributed by atoms with E-state index in [-0.39, 0.29) is 5.91 Å². The summed E-state index contributed by atoms with van der Waals surface area (Å²) in [5.74, 6) is 0.645. The summed E-state index contributed by atoms with van der Waals surface area (Å²) in [6.45, 7) is 2.45. The van der Waals surface area contributed by atoms with Crippen LogP contribution in [0.2, 0.25) is 0 Å². The molecule has 21 heavy (non-hydrogen) atoms. The number of hydrogen-bond acceptors (Lipinski definition) is 5. The Bertz CT molecular complexity index is 610. The average Bonchev–Trinajstić information content (AvgIpc) is 3.08. The van der Waals surface area contributed by atoms with Crippen LogP contribution >= 0.6 is 0 Å². The Labute approximate surface area is 123 Å². The number of nitrogens with zero attached hydrogens (tertiary/aromatic N) is 4. The van der Waals surface area contributed by atoms with Crippen molar-refractivity contribution in [1.82, 2.24) is 20.3 Å². The average molecular weight is 283 g/mol. The van der Waals surface area contributed by atoms with E-state index in [4.69, 9.17) is 0 Å². The first-order valence-electron chi connectivity index (χ1n) is 7.07. The van der Waals surface area contributed by atoms with E-state index >= 15 is 0 Å². The maximum Gasteiger partial charge on any atom is 0.270 e. The van der Waals surface area contributed by atoms with Crippen LogP contribution in [0.25, 0.3) is 0 Å². The van der Waals surface area contributed by atoms with Gasteiger partial charge in [-0.2, -0.15) is 0 Å². The van der Waals surface area contributed by atoms with Gasteiger partial charge >= 0.3 is 0 Å². The second kappa shape index (κ2) is 6.30. The number of hydrogen-bond donors (Lipinski definition) is 1. The summed E-state index contributed by atoms with van der Waals surface area (Å²) in [6, 6.07) is 5.50. The van der Waals surface area contributed by atoms with Gasteiger partial charge in [0, 0.05) is 38.1 Å². The molecule has 0 aliphatic carbocycles. The Morgan fingerprint density at radius 3 is 2.71 bits per heavy atom. The number of aromatic nitrogens is 3. The molecule has 1 aliphatic rings. The Balaban J connectivity index is 1.65. The Kier molecular flexibility index (Phi) is 4.04. The van der Waals surface area contributed by atoms with E-state index in [9.17, 15) is 4.79 Å². The topological polar surface area (TPSA) is 71.0 Å². The molecule has 0 aromatic carbocycles. The van der Waals surface area contributed by atoms with Gasteiger partial charge in [-0.1, -0.05) is 0 Å². The quantitative estimate of drug-likeness (QED) is 0.918. The molecule has 1 N–H and O–H groups in total. The van der Waals surface area contributed by atoms with Crippen LogP contribution in [-0.4, -0.2) is 33.9 Å². The second-order valence-corrected chi connectivity index (χ2v) is 4.99. The zero-order valence-corrected chi connectivity index (χ0v) is 11.7. The lowest BCUT2D eigenvalue weighted by Crippen LogP contribution is -2.25. The minimum absolute atomic E-state index is 0.186. The van der Waals surface area contributed by atoms with Crippen LogP contribution in [0.3, 0.4) is 0 Å². The van der Waals surface area contributed by atoms with E-state index in [0.29, 0.717) is 12.2 Å². The van der Waals surface area contributed by atoms with Crippen LogP contribution in [0.4, 0.5) is 5.82 Å². The van der Waals surface area contributed by atoms with E-state index in [0.717, 1.165) is 24.5 Å². The summed E-state index contributed by atoms with van der Waals surface area (Å²) in [5, 5.41) is 2.86. The lowest BCUT2D eigenvalue weighted by atomic mass is 10.2. The number of carbonyl (C=O) groups is 1. The summed E-state index contributed by atoms with van der Waals surface area (Å²) >= 11 is 0.